The summed E-state index contributed by atoms with van der Waals surface area (Å²) in [4.78, 5) is 24.3. The Balaban J connectivity index is 2.15. The average molecular weight is 242 g/mol. The van der Waals surface area contributed by atoms with Crippen LogP contribution in [0, 0.1) is 11.8 Å². The lowest BCUT2D eigenvalue weighted by Crippen LogP contribution is -2.37. The Bertz CT molecular complexity index is 293. The van der Waals surface area contributed by atoms with Crippen LogP contribution in [-0.4, -0.2) is 48.1 Å². The largest absolute Gasteiger partial charge is 0.481 e. The van der Waals surface area contributed by atoms with E-state index in [0.717, 1.165) is 13.0 Å². The number of aliphatic carboxylic acids is 1. The van der Waals surface area contributed by atoms with E-state index in [9.17, 15) is 9.59 Å². The molecular formula is C12H22N2O3. The monoisotopic (exact) mass is 242 g/mol. The molecule has 0 radical (unpaired) electrons. The lowest BCUT2D eigenvalue weighted by molar-refractivity contribution is -0.140. The quantitative estimate of drug-likeness (QED) is 0.684. The summed E-state index contributed by atoms with van der Waals surface area (Å²) in [6.07, 6.45) is 1.57. The van der Waals surface area contributed by atoms with Crippen LogP contribution >= 0.6 is 0 Å². The van der Waals surface area contributed by atoms with Crippen LogP contribution in [0.3, 0.4) is 0 Å². The summed E-state index contributed by atoms with van der Waals surface area (Å²) < 4.78 is 0. The number of carbonyl (C=O) groups excluding carboxylic acids is 1. The fourth-order valence-electron chi connectivity index (χ4n) is 1.78. The predicted molar refractivity (Wildman–Crippen MR) is 64.6 cm³/mol. The zero-order chi connectivity index (χ0) is 13.0. The van der Waals surface area contributed by atoms with Crippen molar-refractivity contribution in [2.75, 3.05) is 20.1 Å². The first-order valence-corrected chi connectivity index (χ1v) is 6.18. The van der Waals surface area contributed by atoms with E-state index in [0.29, 0.717) is 19.0 Å². The third-order valence-corrected chi connectivity index (χ3v) is 3.55. The van der Waals surface area contributed by atoms with Gasteiger partial charge in [0.05, 0.1) is 11.8 Å². The van der Waals surface area contributed by atoms with Crippen LogP contribution in [-0.2, 0) is 9.59 Å². The van der Waals surface area contributed by atoms with Crippen LogP contribution in [0.2, 0.25) is 0 Å². The second-order valence-electron chi connectivity index (χ2n) is 4.82. The topological polar surface area (TPSA) is 69.6 Å². The van der Waals surface area contributed by atoms with E-state index in [1.165, 1.54) is 0 Å². The first-order chi connectivity index (χ1) is 7.97. The molecule has 0 spiro atoms. The number of hydrogen-bond donors (Lipinski definition) is 2. The lowest BCUT2D eigenvalue weighted by atomic mass is 10.2. The zero-order valence-corrected chi connectivity index (χ0v) is 10.8. The van der Waals surface area contributed by atoms with E-state index in [-0.39, 0.29) is 11.8 Å². The van der Waals surface area contributed by atoms with Crippen LogP contribution in [0.1, 0.15) is 26.7 Å². The molecule has 0 aromatic carbocycles. The average Bonchev–Trinajstić information content (AvgIpc) is 3.07. The van der Waals surface area contributed by atoms with Crippen molar-refractivity contribution < 1.29 is 14.7 Å². The lowest BCUT2D eigenvalue weighted by Gasteiger charge is -2.23. The summed E-state index contributed by atoms with van der Waals surface area (Å²) >= 11 is 0. The molecule has 1 aliphatic carbocycles. The highest BCUT2D eigenvalue weighted by Crippen LogP contribution is 2.38. The highest BCUT2D eigenvalue weighted by molar-refractivity contribution is 5.89. The summed E-state index contributed by atoms with van der Waals surface area (Å²) in [5.41, 5.74) is 0. The highest BCUT2D eigenvalue weighted by Gasteiger charge is 2.48. The molecule has 1 saturated carbocycles. The van der Waals surface area contributed by atoms with Crippen LogP contribution in [0.4, 0.5) is 0 Å². The molecule has 5 nitrogen and oxygen atoms in total. The summed E-state index contributed by atoms with van der Waals surface area (Å²) in [6, 6.07) is 0.500. The van der Waals surface area contributed by atoms with Crippen LogP contribution in [0.25, 0.3) is 0 Å². The maximum absolute atomic E-state index is 11.5. The molecule has 3 atom stereocenters. The third-order valence-electron chi connectivity index (χ3n) is 3.55. The maximum atomic E-state index is 11.5. The summed E-state index contributed by atoms with van der Waals surface area (Å²) in [7, 11) is 2.03. The van der Waals surface area contributed by atoms with Crippen molar-refractivity contribution in [3.63, 3.8) is 0 Å². The summed E-state index contributed by atoms with van der Waals surface area (Å²) in [5, 5.41) is 11.5. The van der Waals surface area contributed by atoms with Gasteiger partial charge in [0.1, 0.15) is 0 Å². The fraction of sp³-hybridized carbons (Fsp3) is 0.833. The van der Waals surface area contributed by atoms with Gasteiger partial charge in [0, 0.05) is 19.1 Å². The van der Waals surface area contributed by atoms with Gasteiger partial charge in [0.15, 0.2) is 0 Å². The molecule has 2 N–H and O–H groups in total. The number of likely N-dealkylation sites (N-methyl/N-ethyl adjacent to an activating group) is 1. The Morgan fingerprint density at radius 1 is 1.47 bits per heavy atom. The minimum atomic E-state index is -0.859. The first kappa shape index (κ1) is 14.0. The van der Waals surface area contributed by atoms with Gasteiger partial charge < -0.3 is 15.3 Å². The van der Waals surface area contributed by atoms with E-state index in [1.807, 2.05) is 7.05 Å². The van der Waals surface area contributed by atoms with Crippen molar-refractivity contribution in [3.8, 4) is 0 Å². The van der Waals surface area contributed by atoms with Gasteiger partial charge in [0.2, 0.25) is 5.91 Å². The van der Waals surface area contributed by atoms with E-state index in [2.05, 4.69) is 24.1 Å². The molecule has 0 bridgehead atoms. The number of nitrogens with one attached hydrogen (secondary N) is 1. The summed E-state index contributed by atoms with van der Waals surface area (Å²) in [6.45, 7) is 5.65. The second kappa shape index (κ2) is 6.00. The summed E-state index contributed by atoms with van der Waals surface area (Å²) in [5.74, 6) is -1.74. The van der Waals surface area contributed by atoms with Crippen molar-refractivity contribution in [1.29, 1.82) is 0 Å². The molecule has 98 valence electrons. The number of carbonyl (C=O) groups is 2. The van der Waals surface area contributed by atoms with Crippen molar-refractivity contribution in [2.45, 2.75) is 32.7 Å². The minimum absolute atomic E-state index is 0.116. The third kappa shape index (κ3) is 4.00. The molecule has 5 heteroatoms. The predicted octanol–water partition coefficient (Wildman–Crippen LogP) is 0.554. The Morgan fingerprint density at radius 3 is 2.59 bits per heavy atom. The van der Waals surface area contributed by atoms with Gasteiger partial charge in [-0.15, -0.1) is 0 Å². The smallest absolute Gasteiger partial charge is 0.307 e. The van der Waals surface area contributed by atoms with Crippen molar-refractivity contribution in [3.05, 3.63) is 0 Å². The van der Waals surface area contributed by atoms with Gasteiger partial charge in [-0.3, -0.25) is 9.59 Å². The molecule has 1 fully saturated rings. The van der Waals surface area contributed by atoms with E-state index < -0.39 is 11.9 Å². The highest BCUT2D eigenvalue weighted by atomic mass is 16.4. The molecule has 0 heterocycles. The van der Waals surface area contributed by atoms with Crippen LogP contribution in [0.5, 0.6) is 0 Å². The first-order valence-electron chi connectivity index (χ1n) is 6.18. The molecule has 0 aromatic heterocycles. The number of carboxylic acids is 1. The Morgan fingerprint density at radius 2 is 2.12 bits per heavy atom. The van der Waals surface area contributed by atoms with Crippen molar-refractivity contribution >= 4 is 11.9 Å². The van der Waals surface area contributed by atoms with Crippen molar-refractivity contribution in [1.82, 2.24) is 10.2 Å². The minimum Gasteiger partial charge on any atom is -0.481 e. The number of rotatable bonds is 7. The van der Waals surface area contributed by atoms with Gasteiger partial charge in [-0.25, -0.2) is 0 Å². The van der Waals surface area contributed by atoms with Gasteiger partial charge in [-0.05, 0) is 26.8 Å². The standard InChI is InChI=1S/C12H22N2O3/c1-4-8(2)14(3)6-5-13-11(15)9-7-10(9)12(16)17/h8-10H,4-7H2,1-3H3,(H,13,15)(H,16,17)/t8?,9-,10+/m1/s1. The van der Waals surface area contributed by atoms with Gasteiger partial charge in [-0.2, -0.15) is 0 Å². The number of hydrogen-bond acceptors (Lipinski definition) is 3. The van der Waals surface area contributed by atoms with Gasteiger partial charge in [0.25, 0.3) is 0 Å². The molecule has 0 aliphatic heterocycles. The van der Waals surface area contributed by atoms with Crippen LogP contribution < -0.4 is 5.32 Å². The molecule has 1 amide bonds. The molecule has 1 aliphatic rings. The number of nitrogens with zero attached hydrogens (tertiary/aromatic N) is 1. The van der Waals surface area contributed by atoms with Gasteiger partial charge in [-0.1, -0.05) is 6.92 Å². The fourth-order valence-corrected chi connectivity index (χ4v) is 1.78. The SMILES string of the molecule is CCC(C)N(C)CCNC(=O)[C@@H]1C[C@@H]1C(=O)O. The molecular weight excluding hydrogens is 220 g/mol. The Kier molecular flexibility index (Phi) is 4.93. The van der Waals surface area contributed by atoms with Gasteiger partial charge >= 0.3 is 5.97 Å². The second-order valence-corrected chi connectivity index (χ2v) is 4.82. The normalized spacial score (nSPS) is 24.5. The number of carboxylic acid groups (broad SMARTS) is 1. The Hall–Kier alpha value is -1.10. The van der Waals surface area contributed by atoms with Crippen molar-refractivity contribution in [2.24, 2.45) is 11.8 Å². The van der Waals surface area contributed by atoms with E-state index in [1.54, 1.807) is 0 Å². The maximum Gasteiger partial charge on any atom is 0.307 e. The Labute approximate surface area is 102 Å². The molecule has 0 saturated heterocycles. The van der Waals surface area contributed by atoms with Crippen LogP contribution in [0.15, 0.2) is 0 Å². The molecule has 0 aromatic rings. The molecule has 17 heavy (non-hydrogen) atoms. The zero-order valence-electron chi connectivity index (χ0n) is 10.8. The van der Waals surface area contributed by atoms with E-state index >= 15 is 0 Å². The number of amides is 1. The van der Waals surface area contributed by atoms with E-state index in [4.69, 9.17) is 5.11 Å². The molecule has 1 unspecified atom stereocenters. The molecule has 1 rings (SSSR count).